The SMILES string of the molecule is CCN1CCCC1CNc1ccc(N)c(CC#N)c1. The van der Waals surface area contributed by atoms with Gasteiger partial charge in [-0.1, -0.05) is 6.92 Å². The molecule has 1 aliphatic heterocycles. The van der Waals surface area contributed by atoms with E-state index < -0.39 is 0 Å². The van der Waals surface area contributed by atoms with Gasteiger partial charge < -0.3 is 11.1 Å². The van der Waals surface area contributed by atoms with Crippen LogP contribution >= 0.6 is 0 Å². The second-order valence-electron chi connectivity index (χ2n) is 5.05. The molecule has 0 bridgehead atoms. The number of nitrogens with two attached hydrogens (primary N) is 1. The molecular formula is C15H22N4. The third-order valence-corrected chi connectivity index (χ3v) is 3.86. The van der Waals surface area contributed by atoms with Gasteiger partial charge in [-0.15, -0.1) is 0 Å². The van der Waals surface area contributed by atoms with Crippen molar-refractivity contribution in [3.8, 4) is 6.07 Å². The smallest absolute Gasteiger partial charge is 0.0670 e. The van der Waals surface area contributed by atoms with Crippen molar-refractivity contribution in [1.82, 2.24) is 4.90 Å². The second-order valence-corrected chi connectivity index (χ2v) is 5.05. The van der Waals surface area contributed by atoms with Crippen LogP contribution in [0.5, 0.6) is 0 Å². The number of hydrogen-bond donors (Lipinski definition) is 2. The molecule has 1 aromatic rings. The lowest BCUT2D eigenvalue weighted by atomic mass is 10.1. The van der Waals surface area contributed by atoms with Crippen LogP contribution in [0.2, 0.25) is 0 Å². The summed E-state index contributed by atoms with van der Waals surface area (Å²) in [6.45, 7) is 5.51. The monoisotopic (exact) mass is 258 g/mol. The lowest BCUT2D eigenvalue weighted by Gasteiger charge is -2.23. The van der Waals surface area contributed by atoms with Crippen LogP contribution in [-0.4, -0.2) is 30.6 Å². The van der Waals surface area contributed by atoms with Crippen molar-refractivity contribution in [3.63, 3.8) is 0 Å². The van der Waals surface area contributed by atoms with Crippen molar-refractivity contribution >= 4 is 11.4 Å². The molecule has 4 heteroatoms. The number of likely N-dealkylation sites (tertiary alicyclic amines) is 1. The molecule has 19 heavy (non-hydrogen) atoms. The first-order valence-corrected chi connectivity index (χ1v) is 6.98. The van der Waals surface area contributed by atoms with Crippen LogP contribution in [0.15, 0.2) is 18.2 Å². The zero-order valence-corrected chi connectivity index (χ0v) is 11.5. The number of nitrogens with zero attached hydrogens (tertiary/aromatic N) is 2. The first kappa shape index (κ1) is 13.7. The fourth-order valence-electron chi connectivity index (χ4n) is 2.73. The van der Waals surface area contributed by atoms with Gasteiger partial charge in [-0.25, -0.2) is 0 Å². The highest BCUT2D eigenvalue weighted by molar-refractivity contribution is 5.58. The maximum atomic E-state index is 8.77. The highest BCUT2D eigenvalue weighted by Crippen LogP contribution is 2.20. The van der Waals surface area contributed by atoms with Crippen molar-refractivity contribution in [2.75, 3.05) is 30.7 Å². The molecule has 1 atom stereocenters. The Bertz CT molecular complexity index is 464. The van der Waals surface area contributed by atoms with E-state index in [1.54, 1.807) is 0 Å². The van der Waals surface area contributed by atoms with Gasteiger partial charge in [0.15, 0.2) is 0 Å². The van der Waals surface area contributed by atoms with Gasteiger partial charge in [0, 0.05) is 24.0 Å². The molecule has 1 aromatic carbocycles. The summed E-state index contributed by atoms with van der Waals surface area (Å²) in [6.07, 6.45) is 2.92. The molecule has 102 valence electrons. The van der Waals surface area contributed by atoms with Crippen molar-refractivity contribution in [1.29, 1.82) is 5.26 Å². The topological polar surface area (TPSA) is 65.1 Å². The predicted molar refractivity (Wildman–Crippen MR) is 78.9 cm³/mol. The van der Waals surface area contributed by atoms with Gasteiger partial charge in [0.1, 0.15) is 0 Å². The Hall–Kier alpha value is -1.73. The minimum atomic E-state index is 0.367. The zero-order valence-electron chi connectivity index (χ0n) is 11.5. The number of hydrogen-bond acceptors (Lipinski definition) is 4. The van der Waals surface area contributed by atoms with Crippen molar-refractivity contribution in [2.45, 2.75) is 32.2 Å². The summed E-state index contributed by atoms with van der Waals surface area (Å²) in [4.78, 5) is 2.51. The van der Waals surface area contributed by atoms with Gasteiger partial charge in [0.05, 0.1) is 12.5 Å². The number of nitrogen functional groups attached to an aromatic ring is 1. The van der Waals surface area contributed by atoms with E-state index in [1.165, 1.54) is 19.4 Å². The lowest BCUT2D eigenvalue weighted by Crippen LogP contribution is -2.34. The van der Waals surface area contributed by atoms with Gasteiger partial charge in [-0.3, -0.25) is 4.90 Å². The van der Waals surface area contributed by atoms with Crippen LogP contribution in [0.3, 0.4) is 0 Å². The number of nitrogens with one attached hydrogen (secondary N) is 1. The third-order valence-electron chi connectivity index (χ3n) is 3.86. The lowest BCUT2D eigenvalue weighted by molar-refractivity contribution is 0.277. The van der Waals surface area contributed by atoms with Gasteiger partial charge >= 0.3 is 0 Å². The summed E-state index contributed by atoms with van der Waals surface area (Å²) in [5.74, 6) is 0. The maximum absolute atomic E-state index is 8.77. The van der Waals surface area contributed by atoms with E-state index in [0.717, 1.165) is 24.3 Å². The normalized spacial score (nSPS) is 19.3. The molecule has 3 N–H and O–H groups in total. The van der Waals surface area contributed by atoms with Gasteiger partial charge in [-0.05, 0) is 49.7 Å². The molecular weight excluding hydrogens is 236 g/mol. The first-order valence-electron chi connectivity index (χ1n) is 6.98. The van der Waals surface area contributed by atoms with Crippen LogP contribution < -0.4 is 11.1 Å². The number of benzene rings is 1. The fourth-order valence-corrected chi connectivity index (χ4v) is 2.73. The summed E-state index contributed by atoms with van der Waals surface area (Å²) in [5.41, 5.74) is 8.51. The van der Waals surface area contributed by atoms with Gasteiger partial charge in [-0.2, -0.15) is 5.26 Å². The van der Waals surface area contributed by atoms with E-state index in [-0.39, 0.29) is 0 Å². The number of likely N-dealkylation sites (N-methyl/N-ethyl adjacent to an activating group) is 1. The molecule has 1 aliphatic rings. The van der Waals surface area contributed by atoms with Gasteiger partial charge in [0.25, 0.3) is 0 Å². The highest BCUT2D eigenvalue weighted by atomic mass is 15.2. The molecule has 0 spiro atoms. The number of nitriles is 1. The fraction of sp³-hybridized carbons (Fsp3) is 0.533. The summed E-state index contributed by atoms with van der Waals surface area (Å²) < 4.78 is 0. The summed E-state index contributed by atoms with van der Waals surface area (Å²) in [5, 5.41) is 12.2. The first-order chi connectivity index (χ1) is 9.24. The Kier molecular flexibility index (Phi) is 4.64. The predicted octanol–water partition coefficient (Wildman–Crippen LogP) is 2.23. The van der Waals surface area contributed by atoms with Crippen LogP contribution in [0, 0.1) is 11.3 Å². The molecule has 1 heterocycles. The average Bonchev–Trinajstić information content (AvgIpc) is 2.87. The van der Waals surface area contributed by atoms with E-state index in [9.17, 15) is 0 Å². The minimum Gasteiger partial charge on any atom is -0.398 e. The largest absolute Gasteiger partial charge is 0.398 e. The summed E-state index contributed by atoms with van der Waals surface area (Å²) in [7, 11) is 0. The van der Waals surface area contributed by atoms with Crippen LogP contribution in [-0.2, 0) is 6.42 Å². The van der Waals surface area contributed by atoms with Crippen LogP contribution in [0.25, 0.3) is 0 Å². The Morgan fingerprint density at radius 1 is 1.53 bits per heavy atom. The number of anilines is 2. The molecule has 1 fully saturated rings. The molecule has 0 aromatic heterocycles. The Balaban J connectivity index is 1.96. The van der Waals surface area contributed by atoms with Gasteiger partial charge in [0.2, 0.25) is 0 Å². The van der Waals surface area contributed by atoms with Crippen molar-refractivity contribution < 1.29 is 0 Å². The summed E-state index contributed by atoms with van der Waals surface area (Å²) in [6, 6.07) is 8.63. The second kappa shape index (κ2) is 6.44. The van der Waals surface area contributed by atoms with Crippen molar-refractivity contribution in [2.24, 2.45) is 0 Å². The molecule has 0 saturated carbocycles. The van der Waals surface area contributed by atoms with E-state index in [2.05, 4.69) is 23.2 Å². The Morgan fingerprint density at radius 2 is 2.37 bits per heavy atom. The molecule has 0 radical (unpaired) electrons. The van der Waals surface area contributed by atoms with Crippen LogP contribution in [0.1, 0.15) is 25.3 Å². The van der Waals surface area contributed by atoms with E-state index in [0.29, 0.717) is 18.2 Å². The number of rotatable bonds is 5. The van der Waals surface area contributed by atoms with E-state index >= 15 is 0 Å². The molecule has 0 aliphatic carbocycles. The highest BCUT2D eigenvalue weighted by Gasteiger charge is 2.22. The van der Waals surface area contributed by atoms with E-state index in [4.69, 9.17) is 11.0 Å². The quantitative estimate of drug-likeness (QED) is 0.795. The third kappa shape index (κ3) is 3.39. The molecule has 1 saturated heterocycles. The Labute approximate surface area is 115 Å². The standard InChI is InChI=1S/C15H22N4/c1-2-19-9-3-4-14(19)11-18-13-5-6-15(17)12(10-13)7-8-16/h5-6,10,14,18H,2-4,7,9,11,17H2,1H3. The zero-order chi connectivity index (χ0) is 13.7. The minimum absolute atomic E-state index is 0.367. The molecule has 4 nitrogen and oxygen atoms in total. The molecule has 2 rings (SSSR count). The Morgan fingerprint density at radius 3 is 3.11 bits per heavy atom. The summed E-state index contributed by atoms with van der Waals surface area (Å²) >= 11 is 0. The van der Waals surface area contributed by atoms with E-state index in [1.807, 2.05) is 18.2 Å². The molecule has 0 amide bonds. The van der Waals surface area contributed by atoms with Crippen molar-refractivity contribution in [3.05, 3.63) is 23.8 Å². The maximum Gasteiger partial charge on any atom is 0.0670 e. The van der Waals surface area contributed by atoms with Crippen LogP contribution in [0.4, 0.5) is 11.4 Å². The average molecular weight is 258 g/mol. The molecule has 1 unspecified atom stereocenters.